The van der Waals surface area contributed by atoms with Crippen LogP contribution in [0, 0.1) is 0 Å². The van der Waals surface area contributed by atoms with Gasteiger partial charge in [0.05, 0.1) is 12.6 Å². The molecular formula is C11H12N2O2. The maximum absolute atomic E-state index is 11.4. The third-order valence-corrected chi connectivity index (χ3v) is 2.29. The van der Waals surface area contributed by atoms with Gasteiger partial charge in [-0.15, -0.1) is 0 Å². The van der Waals surface area contributed by atoms with Crippen LogP contribution in [-0.2, 0) is 0 Å². The van der Waals surface area contributed by atoms with E-state index in [1.165, 1.54) is 0 Å². The molecule has 0 spiro atoms. The van der Waals surface area contributed by atoms with Crippen LogP contribution in [0.25, 0.3) is 11.0 Å². The highest BCUT2D eigenvalue weighted by molar-refractivity contribution is 5.96. The van der Waals surface area contributed by atoms with Crippen LogP contribution < -0.4 is 4.74 Å². The summed E-state index contributed by atoms with van der Waals surface area (Å²) in [4.78, 5) is 18.6. The van der Waals surface area contributed by atoms with Crippen molar-refractivity contribution in [1.82, 2.24) is 9.97 Å². The highest BCUT2D eigenvalue weighted by Crippen LogP contribution is 2.23. The summed E-state index contributed by atoms with van der Waals surface area (Å²) in [6.45, 7) is 1.81. The second-order valence-electron chi connectivity index (χ2n) is 3.22. The van der Waals surface area contributed by atoms with Gasteiger partial charge in [0.2, 0.25) is 0 Å². The molecule has 4 nitrogen and oxygen atoms in total. The molecule has 1 N–H and O–H groups in total. The van der Waals surface area contributed by atoms with Crippen molar-refractivity contribution < 1.29 is 9.53 Å². The molecule has 1 heterocycles. The molecule has 4 heteroatoms. The van der Waals surface area contributed by atoms with E-state index in [-0.39, 0.29) is 5.78 Å². The van der Waals surface area contributed by atoms with Crippen LogP contribution in [-0.4, -0.2) is 22.9 Å². The number of carbonyl (C=O) groups excluding carboxylic acids is 1. The molecule has 0 saturated carbocycles. The van der Waals surface area contributed by atoms with Crippen LogP contribution >= 0.6 is 0 Å². The van der Waals surface area contributed by atoms with Crippen LogP contribution in [0.4, 0.5) is 0 Å². The van der Waals surface area contributed by atoms with Crippen LogP contribution in [0.3, 0.4) is 0 Å². The largest absolute Gasteiger partial charge is 0.494 e. The Morgan fingerprint density at radius 1 is 1.53 bits per heavy atom. The summed E-state index contributed by atoms with van der Waals surface area (Å²) in [5, 5.41) is 0. The van der Waals surface area contributed by atoms with Crippen molar-refractivity contribution in [2.75, 3.05) is 7.11 Å². The molecule has 0 saturated heterocycles. The number of aromatic amines is 1. The Balaban J connectivity index is 2.60. The number of ketones is 1. The van der Waals surface area contributed by atoms with Gasteiger partial charge in [-0.25, -0.2) is 4.98 Å². The number of methoxy groups -OCH3 is 1. The van der Waals surface area contributed by atoms with Gasteiger partial charge in [-0.05, 0) is 12.1 Å². The normalized spacial score (nSPS) is 10.5. The molecule has 0 radical (unpaired) electrons. The summed E-state index contributed by atoms with van der Waals surface area (Å²) in [6, 6.07) is 5.53. The number of H-pyrrole nitrogens is 1. The molecule has 0 aliphatic heterocycles. The number of aromatic nitrogens is 2. The Morgan fingerprint density at radius 2 is 2.33 bits per heavy atom. The van der Waals surface area contributed by atoms with E-state index in [1.54, 1.807) is 7.11 Å². The van der Waals surface area contributed by atoms with E-state index in [0.29, 0.717) is 18.0 Å². The number of Topliss-reactive ketones (excluding diaryl/α,β-unsaturated/α-hetero) is 1. The van der Waals surface area contributed by atoms with Crippen molar-refractivity contribution >= 4 is 16.8 Å². The average Bonchev–Trinajstić information content (AvgIpc) is 2.71. The van der Waals surface area contributed by atoms with E-state index in [0.717, 1.165) is 11.0 Å². The van der Waals surface area contributed by atoms with Crippen LogP contribution in [0.15, 0.2) is 18.2 Å². The molecule has 0 aliphatic carbocycles. The third-order valence-electron chi connectivity index (χ3n) is 2.29. The van der Waals surface area contributed by atoms with E-state index >= 15 is 0 Å². The zero-order valence-corrected chi connectivity index (χ0v) is 8.70. The second kappa shape index (κ2) is 3.73. The first kappa shape index (κ1) is 9.71. The molecule has 2 rings (SSSR count). The molecule has 2 aromatic rings. The summed E-state index contributed by atoms with van der Waals surface area (Å²) in [5.74, 6) is 1.11. The van der Waals surface area contributed by atoms with Gasteiger partial charge in [-0.3, -0.25) is 4.79 Å². The number of rotatable bonds is 3. The first-order chi connectivity index (χ1) is 7.26. The maximum atomic E-state index is 11.4. The summed E-state index contributed by atoms with van der Waals surface area (Å²) in [6.07, 6.45) is 0.447. The minimum Gasteiger partial charge on any atom is -0.494 e. The number of hydrogen-bond acceptors (Lipinski definition) is 3. The van der Waals surface area contributed by atoms with E-state index < -0.39 is 0 Å². The Kier molecular flexibility index (Phi) is 2.41. The third kappa shape index (κ3) is 1.58. The number of carbonyl (C=O) groups is 1. The molecule has 0 bridgehead atoms. The number of hydrogen-bond donors (Lipinski definition) is 1. The van der Waals surface area contributed by atoms with Crippen molar-refractivity contribution in [3.8, 4) is 5.75 Å². The number of fused-ring (bicyclic) bond motifs is 1. The van der Waals surface area contributed by atoms with Crippen molar-refractivity contribution in [2.45, 2.75) is 13.3 Å². The van der Waals surface area contributed by atoms with Crippen LogP contribution in [0.1, 0.15) is 24.0 Å². The number of nitrogens with one attached hydrogen (secondary N) is 1. The highest BCUT2D eigenvalue weighted by Gasteiger charge is 2.11. The van der Waals surface area contributed by atoms with Crippen molar-refractivity contribution in [3.63, 3.8) is 0 Å². The fourth-order valence-corrected chi connectivity index (χ4v) is 1.47. The Morgan fingerprint density at radius 3 is 3.00 bits per heavy atom. The quantitative estimate of drug-likeness (QED) is 0.779. The van der Waals surface area contributed by atoms with Crippen molar-refractivity contribution in [3.05, 3.63) is 24.0 Å². The van der Waals surface area contributed by atoms with Gasteiger partial charge in [0.1, 0.15) is 11.3 Å². The number of nitrogens with zero attached hydrogens (tertiary/aromatic N) is 1. The first-order valence-corrected chi connectivity index (χ1v) is 4.82. The summed E-state index contributed by atoms with van der Waals surface area (Å²) < 4.78 is 5.17. The summed E-state index contributed by atoms with van der Waals surface area (Å²) >= 11 is 0. The van der Waals surface area contributed by atoms with Gasteiger partial charge in [0, 0.05) is 6.42 Å². The first-order valence-electron chi connectivity index (χ1n) is 4.82. The minimum atomic E-state index is 0.00764. The zero-order valence-electron chi connectivity index (χ0n) is 8.70. The highest BCUT2D eigenvalue weighted by atomic mass is 16.5. The van der Waals surface area contributed by atoms with Gasteiger partial charge in [-0.2, -0.15) is 0 Å². The molecule has 1 aromatic heterocycles. The van der Waals surface area contributed by atoms with Gasteiger partial charge in [0.15, 0.2) is 11.6 Å². The predicted octanol–water partition coefficient (Wildman–Crippen LogP) is 2.16. The predicted molar refractivity (Wildman–Crippen MR) is 57.3 cm³/mol. The van der Waals surface area contributed by atoms with Crippen molar-refractivity contribution in [1.29, 1.82) is 0 Å². The van der Waals surface area contributed by atoms with Crippen LogP contribution in [0.5, 0.6) is 5.75 Å². The van der Waals surface area contributed by atoms with Gasteiger partial charge < -0.3 is 9.72 Å². The molecule has 1 aromatic carbocycles. The lowest BCUT2D eigenvalue weighted by molar-refractivity contribution is 0.0979. The number of para-hydroxylation sites is 1. The fraction of sp³-hybridized carbons (Fsp3) is 0.273. The Labute approximate surface area is 87.3 Å². The lowest BCUT2D eigenvalue weighted by Gasteiger charge is -1.98. The average molecular weight is 204 g/mol. The van der Waals surface area contributed by atoms with E-state index in [1.807, 2.05) is 25.1 Å². The summed E-state index contributed by atoms with van der Waals surface area (Å²) in [7, 11) is 1.59. The SMILES string of the molecule is CCC(=O)c1nc2cccc(OC)c2[nH]1. The topological polar surface area (TPSA) is 55.0 Å². The minimum absolute atomic E-state index is 0.00764. The lowest BCUT2D eigenvalue weighted by Crippen LogP contribution is -1.98. The van der Waals surface area contributed by atoms with Gasteiger partial charge >= 0.3 is 0 Å². The Hall–Kier alpha value is -1.84. The van der Waals surface area contributed by atoms with Crippen molar-refractivity contribution in [2.24, 2.45) is 0 Å². The number of ether oxygens (including phenoxy) is 1. The zero-order chi connectivity index (χ0) is 10.8. The molecule has 0 atom stereocenters. The van der Waals surface area contributed by atoms with Gasteiger partial charge in [-0.1, -0.05) is 13.0 Å². The molecule has 0 fully saturated rings. The molecule has 0 amide bonds. The molecule has 15 heavy (non-hydrogen) atoms. The number of benzene rings is 1. The summed E-state index contributed by atoms with van der Waals surface area (Å²) in [5.41, 5.74) is 1.53. The van der Waals surface area contributed by atoms with E-state index in [4.69, 9.17) is 4.74 Å². The Bertz CT molecular complexity index is 502. The monoisotopic (exact) mass is 204 g/mol. The standard InChI is InChI=1S/C11H12N2O2/c1-3-8(14)11-12-7-5-4-6-9(15-2)10(7)13-11/h4-6H,3H2,1-2H3,(H,12,13). The smallest absolute Gasteiger partial charge is 0.197 e. The molecule has 0 unspecified atom stereocenters. The second-order valence-corrected chi connectivity index (χ2v) is 3.22. The lowest BCUT2D eigenvalue weighted by atomic mass is 10.3. The number of imidazole rings is 1. The van der Waals surface area contributed by atoms with Crippen LogP contribution in [0.2, 0.25) is 0 Å². The molecule has 0 aliphatic rings. The van der Waals surface area contributed by atoms with E-state index in [2.05, 4.69) is 9.97 Å². The fourth-order valence-electron chi connectivity index (χ4n) is 1.47. The maximum Gasteiger partial charge on any atom is 0.197 e. The van der Waals surface area contributed by atoms with Gasteiger partial charge in [0.25, 0.3) is 0 Å². The molecule has 78 valence electrons. The van der Waals surface area contributed by atoms with E-state index in [9.17, 15) is 4.79 Å². The molecular weight excluding hydrogens is 192 g/mol.